The molecule has 0 unspecified atom stereocenters. The van der Waals surface area contributed by atoms with Crippen molar-refractivity contribution in [3.8, 4) is 0 Å². The van der Waals surface area contributed by atoms with Crippen molar-refractivity contribution in [2.24, 2.45) is 10.7 Å². The highest BCUT2D eigenvalue weighted by molar-refractivity contribution is 5.83. The number of carbonyl (C=O) groups is 1. The van der Waals surface area contributed by atoms with Crippen LogP contribution >= 0.6 is 0 Å². The molecule has 0 spiro atoms. The summed E-state index contributed by atoms with van der Waals surface area (Å²) in [5.74, 6) is -0.330. The third kappa shape index (κ3) is 6.93. The van der Waals surface area contributed by atoms with Crippen LogP contribution in [0.2, 0.25) is 0 Å². The number of aliphatic imine (C=N–C) groups is 1. The normalized spacial score (nSPS) is 13.8. The Bertz CT molecular complexity index is 922. The molecule has 0 aromatic heterocycles. The Hall–Kier alpha value is -3.19. The number of nitrogens with zero attached hydrogens (tertiary/aromatic N) is 1. The van der Waals surface area contributed by atoms with Crippen LogP contribution in [-0.2, 0) is 9.53 Å². The van der Waals surface area contributed by atoms with Gasteiger partial charge in [0.05, 0.1) is 16.9 Å². The molecule has 166 valence electrons. The van der Waals surface area contributed by atoms with E-state index in [9.17, 15) is 4.39 Å². The standard InChI is InChI=1S/C23H28FN3O.CH3NO/c1-5-25-21-15-16(2)14-20(24)22(21)17(3)27-19-8-6-18(7-9-19)26-13-12-23(28-4)10-11-23;2-1-3/h5-9,14-15,26-27H,3,10-13H2,1-2,4H3;1H,(H2,2,3). The molecule has 31 heavy (non-hydrogen) atoms. The number of benzene rings is 2. The first kappa shape index (κ1) is 24.1. The van der Waals surface area contributed by atoms with E-state index in [0.717, 1.165) is 42.7 Å². The van der Waals surface area contributed by atoms with Crippen LogP contribution in [0.1, 0.15) is 37.3 Å². The van der Waals surface area contributed by atoms with Crippen molar-refractivity contribution in [2.75, 3.05) is 24.3 Å². The molecule has 1 aliphatic carbocycles. The number of anilines is 2. The van der Waals surface area contributed by atoms with Crippen molar-refractivity contribution in [2.45, 2.75) is 38.7 Å². The number of hydrogen-bond acceptors (Lipinski definition) is 5. The maximum atomic E-state index is 14.5. The maximum absolute atomic E-state index is 14.5. The topological polar surface area (TPSA) is 88.7 Å². The lowest BCUT2D eigenvalue weighted by molar-refractivity contribution is -0.106. The van der Waals surface area contributed by atoms with Crippen LogP contribution in [0, 0.1) is 12.7 Å². The average Bonchev–Trinajstić information content (AvgIpc) is 3.50. The van der Waals surface area contributed by atoms with Gasteiger partial charge in [0.25, 0.3) is 0 Å². The van der Waals surface area contributed by atoms with Crippen molar-refractivity contribution in [1.82, 2.24) is 0 Å². The molecule has 1 amide bonds. The van der Waals surface area contributed by atoms with Gasteiger partial charge in [-0.25, -0.2) is 4.39 Å². The Morgan fingerprint density at radius 3 is 2.45 bits per heavy atom. The second kappa shape index (κ2) is 11.3. The highest BCUT2D eigenvalue weighted by Crippen LogP contribution is 2.41. The predicted octanol–water partition coefficient (Wildman–Crippen LogP) is 5.02. The number of carbonyl (C=O) groups excluding carboxylic acids is 1. The lowest BCUT2D eigenvalue weighted by atomic mass is 10.1. The molecule has 2 aromatic rings. The lowest BCUT2D eigenvalue weighted by Gasteiger charge is -2.15. The summed E-state index contributed by atoms with van der Waals surface area (Å²) in [7, 11) is 1.79. The molecule has 4 N–H and O–H groups in total. The molecule has 6 nitrogen and oxygen atoms in total. The van der Waals surface area contributed by atoms with Gasteiger partial charge in [-0.3, -0.25) is 9.79 Å². The van der Waals surface area contributed by atoms with Crippen molar-refractivity contribution in [3.05, 3.63) is 59.9 Å². The monoisotopic (exact) mass is 426 g/mol. The molecule has 0 aliphatic heterocycles. The van der Waals surface area contributed by atoms with E-state index in [1.807, 2.05) is 44.2 Å². The van der Waals surface area contributed by atoms with Crippen LogP contribution in [-0.4, -0.2) is 31.9 Å². The number of primary amides is 1. The van der Waals surface area contributed by atoms with E-state index < -0.39 is 0 Å². The van der Waals surface area contributed by atoms with Gasteiger partial charge in [0.2, 0.25) is 6.41 Å². The van der Waals surface area contributed by atoms with Crippen LogP contribution in [0.25, 0.3) is 5.70 Å². The zero-order valence-electron chi connectivity index (χ0n) is 18.4. The van der Waals surface area contributed by atoms with Gasteiger partial charge >= 0.3 is 0 Å². The summed E-state index contributed by atoms with van der Waals surface area (Å²) in [5.41, 5.74) is 8.42. The number of nitrogens with one attached hydrogen (secondary N) is 2. The number of halogens is 1. The second-order valence-corrected chi connectivity index (χ2v) is 7.41. The van der Waals surface area contributed by atoms with Crippen molar-refractivity contribution in [1.29, 1.82) is 0 Å². The number of rotatable bonds is 9. The quantitative estimate of drug-likeness (QED) is 0.388. The number of nitrogens with two attached hydrogens (primary N) is 1. The summed E-state index contributed by atoms with van der Waals surface area (Å²) in [6.07, 6.45) is 5.21. The Balaban J connectivity index is 0.00000107. The SMILES string of the molecule is C=C(Nc1ccc(NCCC2(OC)CC2)cc1)c1c(F)cc(C)cc1N=CC.NC=O. The molecule has 2 aromatic carbocycles. The minimum Gasteiger partial charge on any atom is -0.385 e. The van der Waals surface area contributed by atoms with E-state index >= 15 is 0 Å². The molecule has 0 bridgehead atoms. The number of ether oxygens (including phenoxy) is 1. The molecular formula is C24H31FN4O2. The number of amides is 1. The second-order valence-electron chi connectivity index (χ2n) is 7.41. The summed E-state index contributed by atoms with van der Waals surface area (Å²) in [4.78, 5) is 12.9. The fourth-order valence-electron chi connectivity index (χ4n) is 3.30. The molecule has 1 saturated carbocycles. The van der Waals surface area contributed by atoms with Gasteiger partial charge in [0.1, 0.15) is 5.82 Å². The van der Waals surface area contributed by atoms with E-state index in [-0.39, 0.29) is 17.8 Å². The molecule has 0 atom stereocenters. The highest BCUT2D eigenvalue weighted by atomic mass is 19.1. The fraction of sp³-hybridized carbons (Fsp3) is 0.333. The fourth-order valence-corrected chi connectivity index (χ4v) is 3.30. The first-order chi connectivity index (χ1) is 14.9. The minimum absolute atomic E-state index is 0.100. The van der Waals surface area contributed by atoms with E-state index in [1.54, 1.807) is 13.3 Å². The first-order valence-electron chi connectivity index (χ1n) is 10.2. The average molecular weight is 427 g/mol. The highest BCUT2D eigenvalue weighted by Gasteiger charge is 2.42. The van der Waals surface area contributed by atoms with E-state index in [4.69, 9.17) is 9.53 Å². The van der Waals surface area contributed by atoms with Gasteiger partial charge in [0.15, 0.2) is 0 Å². The Morgan fingerprint density at radius 2 is 1.90 bits per heavy atom. The molecular weight excluding hydrogens is 395 g/mol. The largest absolute Gasteiger partial charge is 0.385 e. The molecule has 3 rings (SSSR count). The zero-order valence-corrected chi connectivity index (χ0v) is 18.4. The zero-order chi connectivity index (χ0) is 22.9. The van der Waals surface area contributed by atoms with Gasteiger partial charge in [-0.1, -0.05) is 6.58 Å². The summed E-state index contributed by atoms with van der Waals surface area (Å²) in [6, 6.07) is 11.2. The van der Waals surface area contributed by atoms with Crippen molar-refractivity contribution < 1.29 is 13.9 Å². The van der Waals surface area contributed by atoms with E-state index in [0.29, 0.717) is 16.9 Å². The van der Waals surface area contributed by atoms with E-state index in [2.05, 4.69) is 27.9 Å². The van der Waals surface area contributed by atoms with Crippen molar-refractivity contribution in [3.63, 3.8) is 0 Å². The van der Waals surface area contributed by atoms with E-state index in [1.165, 1.54) is 6.07 Å². The number of methoxy groups -OCH3 is 1. The Kier molecular flexibility index (Phi) is 8.75. The lowest BCUT2D eigenvalue weighted by Crippen LogP contribution is -2.16. The van der Waals surface area contributed by atoms with Gasteiger partial charge in [0, 0.05) is 36.9 Å². The molecule has 1 aliphatic rings. The predicted molar refractivity (Wildman–Crippen MR) is 126 cm³/mol. The van der Waals surface area contributed by atoms with Crippen LogP contribution in [0.5, 0.6) is 0 Å². The molecule has 7 heteroatoms. The summed E-state index contributed by atoms with van der Waals surface area (Å²) < 4.78 is 20.1. The first-order valence-corrected chi connectivity index (χ1v) is 10.2. The van der Waals surface area contributed by atoms with Crippen LogP contribution in [0.3, 0.4) is 0 Å². The molecule has 0 radical (unpaired) electrons. The smallest absolute Gasteiger partial charge is 0.204 e. The summed E-state index contributed by atoms with van der Waals surface area (Å²) in [5, 5.41) is 6.61. The summed E-state index contributed by atoms with van der Waals surface area (Å²) >= 11 is 0. The Morgan fingerprint density at radius 1 is 1.29 bits per heavy atom. The molecule has 0 saturated heterocycles. The third-order valence-corrected chi connectivity index (χ3v) is 5.11. The number of hydrogen-bond donors (Lipinski definition) is 3. The molecule has 1 fully saturated rings. The van der Waals surface area contributed by atoms with Gasteiger partial charge in [-0.05, 0) is 75.1 Å². The molecule has 0 heterocycles. The number of aryl methyl sites for hydroxylation is 1. The van der Waals surface area contributed by atoms with Gasteiger partial charge < -0.3 is 21.1 Å². The maximum Gasteiger partial charge on any atom is 0.204 e. The van der Waals surface area contributed by atoms with Gasteiger partial charge in [-0.15, -0.1) is 0 Å². The summed E-state index contributed by atoms with van der Waals surface area (Å²) in [6.45, 7) is 8.55. The van der Waals surface area contributed by atoms with Gasteiger partial charge in [-0.2, -0.15) is 0 Å². The third-order valence-electron chi connectivity index (χ3n) is 5.11. The van der Waals surface area contributed by atoms with Crippen molar-refractivity contribution >= 4 is 35.4 Å². The minimum atomic E-state index is -0.330. The van der Waals surface area contributed by atoms with Crippen LogP contribution in [0.15, 0.2) is 48.0 Å². The van der Waals surface area contributed by atoms with Crippen LogP contribution in [0.4, 0.5) is 21.5 Å². The van der Waals surface area contributed by atoms with Crippen LogP contribution < -0.4 is 16.4 Å². The Labute approximate surface area is 183 Å².